The Bertz CT molecular complexity index is 389. The third-order valence-corrected chi connectivity index (χ3v) is 3.46. The lowest BCUT2D eigenvalue weighted by molar-refractivity contribution is -0.154. The van der Waals surface area contributed by atoms with Crippen LogP contribution in [0.4, 0.5) is 0 Å². The quantitative estimate of drug-likeness (QED) is 0.703. The first-order chi connectivity index (χ1) is 9.23. The van der Waals surface area contributed by atoms with Crippen LogP contribution in [0.1, 0.15) is 40.0 Å². The fourth-order valence-electron chi connectivity index (χ4n) is 2.12. The summed E-state index contributed by atoms with van der Waals surface area (Å²) < 4.78 is 0. The Morgan fingerprint density at radius 1 is 1.10 bits per heavy atom. The van der Waals surface area contributed by atoms with Gasteiger partial charge in [-0.3, -0.25) is 9.59 Å². The molecule has 2 atom stereocenters. The van der Waals surface area contributed by atoms with Crippen molar-refractivity contribution < 1.29 is 24.6 Å². The van der Waals surface area contributed by atoms with E-state index in [2.05, 4.69) is 0 Å². The Balaban J connectivity index is 2.90. The van der Waals surface area contributed by atoms with Crippen LogP contribution in [0.3, 0.4) is 0 Å². The summed E-state index contributed by atoms with van der Waals surface area (Å²) in [6, 6.07) is -0.940. The predicted octanol–water partition coefficient (Wildman–Crippen LogP) is 1.45. The molecule has 1 fully saturated rings. The molecule has 2 unspecified atom stereocenters. The minimum Gasteiger partial charge on any atom is -0.481 e. The van der Waals surface area contributed by atoms with Crippen molar-refractivity contribution in [2.75, 3.05) is 6.54 Å². The number of amides is 1. The van der Waals surface area contributed by atoms with Gasteiger partial charge in [0.15, 0.2) is 0 Å². The van der Waals surface area contributed by atoms with Gasteiger partial charge in [0.05, 0.1) is 5.92 Å². The van der Waals surface area contributed by atoms with Crippen LogP contribution in [-0.2, 0) is 14.4 Å². The molecule has 0 aliphatic heterocycles. The second-order valence-corrected chi connectivity index (χ2v) is 5.99. The molecule has 0 radical (unpaired) electrons. The number of carbonyl (C=O) groups excluding carboxylic acids is 1. The van der Waals surface area contributed by atoms with Crippen LogP contribution in [0.5, 0.6) is 0 Å². The number of rotatable bonds is 8. The van der Waals surface area contributed by atoms with Crippen LogP contribution in [-0.4, -0.2) is 45.5 Å². The molecular formula is C14H23NO5. The van der Waals surface area contributed by atoms with Gasteiger partial charge in [-0.1, -0.05) is 20.8 Å². The van der Waals surface area contributed by atoms with Gasteiger partial charge >= 0.3 is 11.9 Å². The van der Waals surface area contributed by atoms with Crippen LogP contribution < -0.4 is 0 Å². The third-order valence-electron chi connectivity index (χ3n) is 3.46. The van der Waals surface area contributed by atoms with Crippen molar-refractivity contribution in [1.82, 2.24) is 4.90 Å². The summed E-state index contributed by atoms with van der Waals surface area (Å²) >= 11 is 0. The average molecular weight is 285 g/mol. The molecule has 0 heterocycles. The fourth-order valence-corrected chi connectivity index (χ4v) is 2.12. The van der Waals surface area contributed by atoms with E-state index in [1.807, 2.05) is 13.8 Å². The van der Waals surface area contributed by atoms with E-state index in [0.29, 0.717) is 6.42 Å². The second kappa shape index (κ2) is 6.72. The predicted molar refractivity (Wildman–Crippen MR) is 72.1 cm³/mol. The van der Waals surface area contributed by atoms with Crippen LogP contribution >= 0.6 is 0 Å². The van der Waals surface area contributed by atoms with Crippen molar-refractivity contribution in [3.8, 4) is 0 Å². The first kappa shape index (κ1) is 16.5. The standard InChI is InChI=1S/C14H23NO5/c1-8(2)6-11(14(19)20)15(7-9(3)13(17)18)12(16)10-4-5-10/h8-11H,4-7H2,1-3H3,(H,17,18)(H,19,20). The minimum atomic E-state index is -1.06. The van der Waals surface area contributed by atoms with Crippen molar-refractivity contribution in [2.45, 2.75) is 46.1 Å². The van der Waals surface area contributed by atoms with E-state index in [0.717, 1.165) is 12.8 Å². The maximum absolute atomic E-state index is 12.3. The van der Waals surface area contributed by atoms with Crippen molar-refractivity contribution in [3.63, 3.8) is 0 Å². The number of hydrogen-bond acceptors (Lipinski definition) is 3. The summed E-state index contributed by atoms with van der Waals surface area (Å²) in [5.41, 5.74) is 0. The largest absolute Gasteiger partial charge is 0.481 e. The molecule has 0 aromatic heterocycles. The molecule has 1 amide bonds. The lowest BCUT2D eigenvalue weighted by Crippen LogP contribution is -2.49. The molecular weight excluding hydrogens is 262 g/mol. The molecule has 0 bridgehead atoms. The van der Waals surface area contributed by atoms with E-state index in [1.165, 1.54) is 11.8 Å². The number of hydrogen-bond donors (Lipinski definition) is 2. The van der Waals surface area contributed by atoms with Crippen LogP contribution in [0.2, 0.25) is 0 Å². The zero-order valence-electron chi connectivity index (χ0n) is 12.2. The number of nitrogens with zero attached hydrogens (tertiary/aromatic N) is 1. The fraction of sp³-hybridized carbons (Fsp3) is 0.786. The molecule has 6 heteroatoms. The lowest BCUT2D eigenvalue weighted by atomic mass is 10.0. The Kier molecular flexibility index (Phi) is 5.53. The first-order valence-electron chi connectivity index (χ1n) is 7.00. The highest BCUT2D eigenvalue weighted by Crippen LogP contribution is 2.32. The first-order valence-corrected chi connectivity index (χ1v) is 7.00. The normalized spacial score (nSPS) is 17.6. The monoisotopic (exact) mass is 285 g/mol. The van der Waals surface area contributed by atoms with Crippen LogP contribution in [0, 0.1) is 17.8 Å². The zero-order valence-corrected chi connectivity index (χ0v) is 12.2. The molecule has 114 valence electrons. The van der Waals surface area contributed by atoms with Gasteiger partial charge in [-0.2, -0.15) is 0 Å². The molecule has 0 aromatic carbocycles. The lowest BCUT2D eigenvalue weighted by Gasteiger charge is -2.31. The maximum atomic E-state index is 12.3. The van der Waals surface area contributed by atoms with Crippen LogP contribution in [0.25, 0.3) is 0 Å². The van der Waals surface area contributed by atoms with Gasteiger partial charge in [-0.15, -0.1) is 0 Å². The van der Waals surface area contributed by atoms with Gasteiger partial charge in [-0.25, -0.2) is 4.79 Å². The Morgan fingerprint density at radius 2 is 1.65 bits per heavy atom. The van der Waals surface area contributed by atoms with E-state index in [1.54, 1.807) is 0 Å². The van der Waals surface area contributed by atoms with E-state index < -0.39 is 23.9 Å². The molecule has 6 nitrogen and oxygen atoms in total. The van der Waals surface area contributed by atoms with Gasteiger partial charge in [0.1, 0.15) is 6.04 Å². The van der Waals surface area contributed by atoms with Gasteiger partial charge in [0, 0.05) is 12.5 Å². The molecule has 0 aromatic rings. The van der Waals surface area contributed by atoms with Crippen LogP contribution in [0.15, 0.2) is 0 Å². The maximum Gasteiger partial charge on any atom is 0.326 e. The van der Waals surface area contributed by atoms with Gasteiger partial charge < -0.3 is 15.1 Å². The number of carboxylic acid groups (broad SMARTS) is 2. The van der Waals surface area contributed by atoms with Crippen molar-refractivity contribution in [3.05, 3.63) is 0 Å². The van der Waals surface area contributed by atoms with E-state index in [-0.39, 0.29) is 24.3 Å². The summed E-state index contributed by atoms with van der Waals surface area (Å²) in [7, 11) is 0. The van der Waals surface area contributed by atoms with E-state index in [4.69, 9.17) is 5.11 Å². The third kappa shape index (κ3) is 4.51. The molecule has 0 spiro atoms. The SMILES string of the molecule is CC(C)CC(C(=O)O)N(CC(C)C(=O)O)C(=O)C1CC1. The van der Waals surface area contributed by atoms with Crippen molar-refractivity contribution >= 4 is 17.8 Å². The van der Waals surface area contributed by atoms with E-state index >= 15 is 0 Å². The Labute approximate surface area is 118 Å². The highest BCUT2D eigenvalue weighted by Gasteiger charge is 2.39. The molecule has 1 rings (SSSR count). The highest BCUT2D eigenvalue weighted by atomic mass is 16.4. The smallest absolute Gasteiger partial charge is 0.326 e. The van der Waals surface area contributed by atoms with Gasteiger partial charge in [-0.05, 0) is 25.2 Å². The molecule has 1 aliphatic rings. The number of carboxylic acids is 2. The number of aliphatic carboxylic acids is 2. The molecule has 1 aliphatic carbocycles. The minimum absolute atomic E-state index is 0.0473. The van der Waals surface area contributed by atoms with Crippen molar-refractivity contribution in [1.29, 1.82) is 0 Å². The molecule has 0 saturated heterocycles. The number of carbonyl (C=O) groups is 3. The van der Waals surface area contributed by atoms with Gasteiger partial charge in [0.2, 0.25) is 5.91 Å². The Hall–Kier alpha value is -1.59. The molecule has 1 saturated carbocycles. The average Bonchev–Trinajstić information content (AvgIpc) is 3.15. The zero-order chi connectivity index (χ0) is 15.4. The summed E-state index contributed by atoms with van der Waals surface area (Å²) in [6.45, 7) is 5.21. The topological polar surface area (TPSA) is 94.9 Å². The summed E-state index contributed by atoms with van der Waals surface area (Å²) in [6.07, 6.45) is 1.87. The summed E-state index contributed by atoms with van der Waals surface area (Å²) in [5.74, 6) is -3.08. The van der Waals surface area contributed by atoms with Crippen molar-refractivity contribution in [2.24, 2.45) is 17.8 Å². The summed E-state index contributed by atoms with van der Waals surface area (Å²) in [4.78, 5) is 35.9. The molecule has 2 N–H and O–H groups in total. The molecule has 20 heavy (non-hydrogen) atoms. The van der Waals surface area contributed by atoms with E-state index in [9.17, 15) is 19.5 Å². The second-order valence-electron chi connectivity index (χ2n) is 5.99. The van der Waals surface area contributed by atoms with Gasteiger partial charge in [0.25, 0.3) is 0 Å². The Morgan fingerprint density at radius 3 is 2.00 bits per heavy atom. The highest BCUT2D eigenvalue weighted by molar-refractivity contribution is 5.87. The summed E-state index contributed by atoms with van der Waals surface area (Å²) in [5, 5.41) is 18.3.